The largest absolute Gasteiger partial charge is 0.386 e. The van der Waals surface area contributed by atoms with E-state index in [1.807, 2.05) is 4.90 Å². The van der Waals surface area contributed by atoms with Gasteiger partial charge in [-0.1, -0.05) is 47.6 Å². The van der Waals surface area contributed by atoms with Crippen LogP contribution in [-0.2, 0) is 6.54 Å². The molecular formula is C21H25Cl2FN6O. The van der Waals surface area contributed by atoms with Crippen LogP contribution in [0.5, 0.6) is 0 Å². The molecule has 3 N–H and O–H groups in total. The van der Waals surface area contributed by atoms with Crippen LogP contribution < -0.4 is 5.73 Å². The van der Waals surface area contributed by atoms with Crippen molar-refractivity contribution in [2.24, 2.45) is 10.7 Å². The van der Waals surface area contributed by atoms with Crippen molar-refractivity contribution >= 4 is 34.7 Å². The molecule has 1 aliphatic heterocycles. The Bertz CT molecular complexity index is 988. The first-order valence-corrected chi connectivity index (χ1v) is 11.3. The predicted octanol–water partition coefficient (Wildman–Crippen LogP) is 4.56. The van der Waals surface area contributed by atoms with Crippen molar-refractivity contribution in [2.75, 3.05) is 13.1 Å². The number of hydrogen-bond acceptors (Lipinski definition) is 7. The van der Waals surface area contributed by atoms with E-state index in [9.17, 15) is 4.39 Å². The van der Waals surface area contributed by atoms with E-state index in [2.05, 4.69) is 15.1 Å². The minimum absolute atomic E-state index is 0.00330. The Hall–Kier alpha value is -2.03. The highest BCUT2D eigenvalue weighted by molar-refractivity contribution is 6.36. The molecule has 1 fully saturated rings. The number of aromatic nitrogens is 2. The zero-order chi connectivity index (χ0) is 22.0. The molecule has 2 heterocycles. The molecule has 0 bridgehead atoms. The quantitative estimate of drug-likeness (QED) is 0.479. The zero-order valence-corrected chi connectivity index (χ0v) is 18.6. The SMILES string of the molecule is N=C(CC1C(N)=NCCN1Cc1c(Cl)ccc(F)c1Cl)c1nc(C2CCCCC2)no1. The first-order valence-electron chi connectivity index (χ1n) is 10.5. The zero-order valence-electron chi connectivity index (χ0n) is 17.1. The van der Waals surface area contributed by atoms with Crippen molar-refractivity contribution in [3.05, 3.63) is 45.3 Å². The Kier molecular flexibility index (Phi) is 6.89. The van der Waals surface area contributed by atoms with Crippen LogP contribution in [-0.4, -0.2) is 45.7 Å². The van der Waals surface area contributed by atoms with Gasteiger partial charge in [-0.2, -0.15) is 4.98 Å². The molecule has 1 unspecified atom stereocenters. The molecular weight excluding hydrogens is 442 g/mol. The lowest BCUT2D eigenvalue weighted by Gasteiger charge is -2.34. The molecule has 0 spiro atoms. The van der Waals surface area contributed by atoms with Crippen molar-refractivity contribution in [2.45, 2.75) is 57.0 Å². The number of nitrogens with two attached hydrogens (primary N) is 1. The number of rotatable bonds is 6. The van der Waals surface area contributed by atoms with Gasteiger partial charge in [-0.3, -0.25) is 15.3 Å². The van der Waals surface area contributed by atoms with Gasteiger partial charge in [0.15, 0.2) is 5.82 Å². The molecule has 4 rings (SSSR count). The van der Waals surface area contributed by atoms with Gasteiger partial charge in [-0.15, -0.1) is 0 Å². The highest BCUT2D eigenvalue weighted by atomic mass is 35.5. The maximum Gasteiger partial charge on any atom is 0.271 e. The molecule has 166 valence electrons. The first kappa shape index (κ1) is 22.2. The Morgan fingerprint density at radius 3 is 2.81 bits per heavy atom. The van der Waals surface area contributed by atoms with Crippen LogP contribution in [0.1, 0.15) is 61.7 Å². The Morgan fingerprint density at radius 2 is 2.03 bits per heavy atom. The maximum atomic E-state index is 14.0. The lowest BCUT2D eigenvalue weighted by molar-refractivity contribution is 0.231. The first-order chi connectivity index (χ1) is 14.9. The summed E-state index contributed by atoms with van der Waals surface area (Å²) in [7, 11) is 0. The molecule has 2 aromatic rings. The van der Waals surface area contributed by atoms with Gasteiger partial charge in [0.2, 0.25) is 0 Å². The molecule has 1 saturated carbocycles. The summed E-state index contributed by atoms with van der Waals surface area (Å²) in [5, 5.41) is 13.0. The van der Waals surface area contributed by atoms with Crippen molar-refractivity contribution in [3.63, 3.8) is 0 Å². The number of hydrogen-bond donors (Lipinski definition) is 2. The molecule has 1 aromatic carbocycles. The third kappa shape index (κ3) is 4.91. The van der Waals surface area contributed by atoms with Crippen LogP contribution in [0.25, 0.3) is 0 Å². The summed E-state index contributed by atoms with van der Waals surface area (Å²) in [6.45, 7) is 1.38. The van der Waals surface area contributed by atoms with E-state index in [0.717, 1.165) is 12.8 Å². The van der Waals surface area contributed by atoms with Crippen LogP contribution in [0.15, 0.2) is 21.6 Å². The van der Waals surface area contributed by atoms with E-state index in [-0.39, 0.29) is 29.1 Å². The second kappa shape index (κ2) is 9.63. The standard InChI is InChI=1S/C21H25Cl2FN6O/c22-14-6-7-15(24)18(23)13(14)11-30-9-8-27-19(26)17(30)10-16(25)21-28-20(29-31-21)12-4-2-1-3-5-12/h6-7,12,17,25H,1-5,8-11H2,(H2,26,27). The van der Waals surface area contributed by atoms with E-state index < -0.39 is 5.82 Å². The molecule has 10 heteroatoms. The van der Waals surface area contributed by atoms with Gasteiger partial charge >= 0.3 is 0 Å². The van der Waals surface area contributed by atoms with Gasteiger partial charge in [0.1, 0.15) is 11.7 Å². The highest BCUT2D eigenvalue weighted by Crippen LogP contribution is 2.32. The van der Waals surface area contributed by atoms with Crippen LogP contribution in [0.2, 0.25) is 10.0 Å². The topological polar surface area (TPSA) is 104 Å². The second-order valence-electron chi connectivity index (χ2n) is 8.09. The molecule has 0 amide bonds. The Balaban J connectivity index is 1.49. The van der Waals surface area contributed by atoms with Crippen molar-refractivity contribution in [3.8, 4) is 0 Å². The van der Waals surface area contributed by atoms with Gasteiger partial charge in [0.25, 0.3) is 5.89 Å². The summed E-state index contributed by atoms with van der Waals surface area (Å²) in [4.78, 5) is 10.8. The molecule has 31 heavy (non-hydrogen) atoms. The van der Waals surface area contributed by atoms with Crippen LogP contribution in [0, 0.1) is 11.2 Å². The smallest absolute Gasteiger partial charge is 0.271 e. The number of nitrogens with one attached hydrogen (secondary N) is 1. The molecule has 7 nitrogen and oxygen atoms in total. The van der Waals surface area contributed by atoms with E-state index >= 15 is 0 Å². The summed E-state index contributed by atoms with van der Waals surface area (Å²) in [5.74, 6) is 1.08. The lowest BCUT2D eigenvalue weighted by Crippen LogP contribution is -2.50. The monoisotopic (exact) mass is 466 g/mol. The fourth-order valence-electron chi connectivity index (χ4n) is 4.26. The minimum Gasteiger partial charge on any atom is -0.386 e. The number of aliphatic imine (C=N–C) groups is 1. The van der Waals surface area contributed by atoms with Crippen LogP contribution in [0.3, 0.4) is 0 Å². The Labute approximate surface area is 190 Å². The van der Waals surface area contributed by atoms with E-state index in [1.54, 1.807) is 0 Å². The van der Waals surface area contributed by atoms with Gasteiger partial charge in [-0.25, -0.2) is 4.39 Å². The molecule has 1 aromatic heterocycles. The molecule has 1 atom stereocenters. The molecule has 0 saturated heterocycles. The van der Waals surface area contributed by atoms with Gasteiger partial charge in [-0.05, 0) is 25.0 Å². The van der Waals surface area contributed by atoms with Crippen molar-refractivity contribution < 1.29 is 8.91 Å². The maximum absolute atomic E-state index is 14.0. The summed E-state index contributed by atoms with van der Waals surface area (Å²) in [6.07, 6.45) is 5.93. The second-order valence-corrected chi connectivity index (χ2v) is 8.88. The van der Waals surface area contributed by atoms with Gasteiger partial charge < -0.3 is 10.3 Å². The normalized spacial score (nSPS) is 20.6. The average molecular weight is 467 g/mol. The number of nitrogens with zero attached hydrogens (tertiary/aromatic N) is 4. The number of amidine groups is 1. The van der Waals surface area contributed by atoms with Gasteiger partial charge in [0.05, 0.1) is 23.3 Å². The van der Waals surface area contributed by atoms with E-state index in [0.29, 0.717) is 47.8 Å². The summed E-state index contributed by atoms with van der Waals surface area (Å²) < 4.78 is 19.3. The lowest BCUT2D eigenvalue weighted by atomic mass is 9.89. The third-order valence-corrected chi connectivity index (χ3v) is 6.79. The fraction of sp³-hybridized carbons (Fsp3) is 0.524. The van der Waals surface area contributed by atoms with E-state index in [4.69, 9.17) is 38.9 Å². The van der Waals surface area contributed by atoms with Gasteiger partial charge in [0, 0.05) is 36.0 Å². The van der Waals surface area contributed by atoms with Crippen LogP contribution in [0.4, 0.5) is 4.39 Å². The minimum atomic E-state index is -0.523. The Morgan fingerprint density at radius 1 is 1.26 bits per heavy atom. The molecule has 2 aliphatic rings. The fourth-order valence-corrected chi connectivity index (χ4v) is 4.75. The number of halogens is 3. The number of benzene rings is 1. The van der Waals surface area contributed by atoms with Crippen molar-refractivity contribution in [1.82, 2.24) is 15.0 Å². The van der Waals surface area contributed by atoms with Crippen molar-refractivity contribution in [1.29, 1.82) is 5.41 Å². The summed E-state index contributed by atoms with van der Waals surface area (Å²) in [6, 6.07) is 2.36. The van der Waals surface area contributed by atoms with E-state index in [1.165, 1.54) is 31.4 Å². The average Bonchev–Trinajstić information content (AvgIpc) is 3.27. The van der Waals surface area contributed by atoms with Crippen LogP contribution >= 0.6 is 23.2 Å². The summed E-state index contributed by atoms with van der Waals surface area (Å²) in [5.41, 5.74) is 6.87. The predicted molar refractivity (Wildman–Crippen MR) is 119 cm³/mol. The third-order valence-electron chi connectivity index (χ3n) is 6.03. The molecule has 1 aliphatic carbocycles. The summed E-state index contributed by atoms with van der Waals surface area (Å²) >= 11 is 12.4. The highest BCUT2D eigenvalue weighted by Gasteiger charge is 2.30. The molecule has 0 radical (unpaired) electrons.